The lowest BCUT2D eigenvalue weighted by Gasteiger charge is -2.03. The number of hydrogen-bond acceptors (Lipinski definition) is 4. The number of ketones is 1. The van der Waals surface area contributed by atoms with Crippen molar-refractivity contribution in [2.75, 3.05) is 0 Å². The fourth-order valence-corrected chi connectivity index (χ4v) is 2.15. The summed E-state index contributed by atoms with van der Waals surface area (Å²) in [5.74, 6) is -0.0906. The Morgan fingerprint density at radius 2 is 1.95 bits per heavy atom. The molecule has 0 N–H and O–H groups in total. The molecule has 21 heavy (non-hydrogen) atoms. The monoisotopic (exact) mass is 281 g/mol. The molecule has 0 aliphatic rings. The van der Waals surface area contributed by atoms with E-state index in [0.29, 0.717) is 11.1 Å². The van der Waals surface area contributed by atoms with Crippen LogP contribution in [0, 0.1) is 10.1 Å². The van der Waals surface area contributed by atoms with E-state index in [1.165, 1.54) is 16.8 Å². The number of aromatic nitrogens is 2. The van der Waals surface area contributed by atoms with E-state index < -0.39 is 4.92 Å². The lowest BCUT2D eigenvalue weighted by molar-refractivity contribution is -0.384. The number of carbonyl (C=O) groups is 1. The van der Waals surface area contributed by atoms with E-state index in [9.17, 15) is 14.9 Å². The van der Waals surface area contributed by atoms with Gasteiger partial charge in [-0.05, 0) is 6.07 Å². The van der Waals surface area contributed by atoms with Gasteiger partial charge in [0.15, 0.2) is 5.78 Å². The third-order valence-electron chi connectivity index (χ3n) is 3.23. The zero-order valence-corrected chi connectivity index (χ0v) is 11.0. The first-order valence-corrected chi connectivity index (χ1v) is 6.33. The van der Waals surface area contributed by atoms with Crippen molar-refractivity contribution in [3.05, 3.63) is 70.4 Å². The van der Waals surface area contributed by atoms with Crippen molar-refractivity contribution >= 4 is 22.4 Å². The third-order valence-corrected chi connectivity index (χ3v) is 3.23. The average molecular weight is 281 g/mol. The van der Waals surface area contributed by atoms with Crippen molar-refractivity contribution in [2.24, 2.45) is 0 Å². The smallest absolute Gasteiger partial charge is 0.271 e. The van der Waals surface area contributed by atoms with E-state index in [1.807, 2.05) is 6.07 Å². The molecule has 0 aliphatic carbocycles. The molecule has 2 aromatic carbocycles. The van der Waals surface area contributed by atoms with E-state index in [2.05, 4.69) is 5.10 Å². The Labute approximate surface area is 119 Å². The van der Waals surface area contributed by atoms with Gasteiger partial charge in [-0.3, -0.25) is 19.6 Å². The molecular formula is C15H11N3O3. The Kier molecular flexibility index (Phi) is 3.19. The second-order valence-corrected chi connectivity index (χ2v) is 4.59. The number of Topliss-reactive ketones (excluding diaryl/α,β-unsaturated/α-hetero) is 1. The number of nitro benzene ring substituents is 1. The molecule has 1 aromatic heterocycles. The van der Waals surface area contributed by atoms with Crippen LogP contribution < -0.4 is 0 Å². The number of nitro groups is 1. The summed E-state index contributed by atoms with van der Waals surface area (Å²) < 4.78 is 1.48. The molecule has 0 unspecified atom stereocenters. The summed E-state index contributed by atoms with van der Waals surface area (Å²) in [6.07, 6.45) is 1.59. The summed E-state index contributed by atoms with van der Waals surface area (Å²) in [5.41, 5.74) is 1.15. The quantitative estimate of drug-likeness (QED) is 0.418. The summed E-state index contributed by atoms with van der Waals surface area (Å²) in [6, 6.07) is 13.4. The van der Waals surface area contributed by atoms with Crippen LogP contribution in [0.5, 0.6) is 0 Å². The molecule has 0 saturated carbocycles. The molecule has 0 saturated heterocycles. The molecule has 0 amide bonds. The maximum absolute atomic E-state index is 12.2. The lowest BCUT2D eigenvalue weighted by atomic mass is 10.1. The first-order chi connectivity index (χ1) is 10.1. The van der Waals surface area contributed by atoms with Crippen LogP contribution in [0.25, 0.3) is 10.9 Å². The molecule has 6 heteroatoms. The van der Waals surface area contributed by atoms with Gasteiger partial charge in [0.1, 0.15) is 6.54 Å². The first kappa shape index (κ1) is 13.0. The van der Waals surface area contributed by atoms with Crippen LogP contribution in [0.4, 0.5) is 5.69 Å². The van der Waals surface area contributed by atoms with E-state index in [4.69, 9.17) is 0 Å². The highest BCUT2D eigenvalue weighted by atomic mass is 16.6. The first-order valence-electron chi connectivity index (χ1n) is 6.33. The van der Waals surface area contributed by atoms with Crippen molar-refractivity contribution in [1.29, 1.82) is 0 Å². The third kappa shape index (κ3) is 2.51. The van der Waals surface area contributed by atoms with Crippen LogP contribution in [-0.2, 0) is 6.54 Å². The number of non-ortho nitro benzene ring substituents is 1. The van der Waals surface area contributed by atoms with Gasteiger partial charge in [0.05, 0.1) is 16.6 Å². The van der Waals surface area contributed by atoms with Gasteiger partial charge in [0.2, 0.25) is 0 Å². The van der Waals surface area contributed by atoms with Crippen LogP contribution in [0.3, 0.4) is 0 Å². The van der Waals surface area contributed by atoms with Gasteiger partial charge in [0.25, 0.3) is 5.69 Å². The Hall–Kier alpha value is -3.02. The molecule has 3 aromatic rings. The minimum atomic E-state index is -0.463. The number of nitrogens with zero attached hydrogens (tertiary/aromatic N) is 3. The maximum Gasteiger partial charge on any atom is 0.271 e. The van der Waals surface area contributed by atoms with Gasteiger partial charge in [-0.25, -0.2) is 0 Å². The van der Waals surface area contributed by atoms with Gasteiger partial charge >= 0.3 is 0 Å². The Balaban J connectivity index is 1.95. The van der Waals surface area contributed by atoms with Crippen molar-refractivity contribution in [1.82, 2.24) is 9.78 Å². The van der Waals surface area contributed by atoms with Gasteiger partial charge < -0.3 is 0 Å². The van der Waals surface area contributed by atoms with Crippen molar-refractivity contribution in [2.45, 2.75) is 6.54 Å². The minimum absolute atomic E-state index is 0.0172. The molecule has 0 spiro atoms. The van der Waals surface area contributed by atoms with Gasteiger partial charge in [-0.2, -0.15) is 5.10 Å². The normalized spacial score (nSPS) is 10.7. The molecule has 6 nitrogen and oxygen atoms in total. The number of carbonyl (C=O) groups excluding carboxylic acids is 1. The summed E-state index contributed by atoms with van der Waals surface area (Å²) in [5, 5.41) is 15.7. The highest BCUT2D eigenvalue weighted by molar-refractivity contribution is 5.96. The number of hydrogen-bond donors (Lipinski definition) is 0. The Morgan fingerprint density at radius 3 is 2.67 bits per heavy atom. The summed E-state index contributed by atoms with van der Waals surface area (Å²) in [6.45, 7) is 0.0503. The predicted molar refractivity (Wildman–Crippen MR) is 77.2 cm³/mol. The SMILES string of the molecule is O=C(Cn1ncc2ccc([N+](=O)[O-])cc21)c1ccccc1. The number of fused-ring (bicyclic) bond motifs is 1. The maximum atomic E-state index is 12.2. The molecule has 3 rings (SSSR count). The summed E-state index contributed by atoms with van der Waals surface area (Å²) in [7, 11) is 0. The zero-order chi connectivity index (χ0) is 14.8. The average Bonchev–Trinajstić information content (AvgIpc) is 2.90. The van der Waals surface area contributed by atoms with Crippen molar-refractivity contribution in [3.63, 3.8) is 0 Å². The summed E-state index contributed by atoms with van der Waals surface area (Å²) in [4.78, 5) is 22.5. The standard InChI is InChI=1S/C15H11N3O3/c19-15(11-4-2-1-3-5-11)10-17-14-8-13(18(20)21)7-6-12(14)9-16-17/h1-9H,10H2. The molecule has 0 radical (unpaired) electrons. The molecule has 0 aliphatic heterocycles. The predicted octanol–water partition coefficient (Wildman–Crippen LogP) is 2.83. The molecule has 0 fully saturated rings. The van der Waals surface area contributed by atoms with E-state index in [-0.39, 0.29) is 18.0 Å². The molecule has 104 valence electrons. The van der Waals surface area contributed by atoms with Crippen LogP contribution >= 0.6 is 0 Å². The fraction of sp³-hybridized carbons (Fsp3) is 0.0667. The Morgan fingerprint density at radius 1 is 1.19 bits per heavy atom. The van der Waals surface area contributed by atoms with Crippen molar-refractivity contribution in [3.8, 4) is 0 Å². The number of benzene rings is 2. The Bertz CT molecular complexity index is 825. The van der Waals surface area contributed by atoms with Gasteiger partial charge in [0, 0.05) is 23.1 Å². The van der Waals surface area contributed by atoms with Gasteiger partial charge in [-0.15, -0.1) is 0 Å². The second kappa shape index (κ2) is 5.16. The fourth-order valence-electron chi connectivity index (χ4n) is 2.15. The topological polar surface area (TPSA) is 78.0 Å². The minimum Gasteiger partial charge on any atom is -0.292 e. The second-order valence-electron chi connectivity index (χ2n) is 4.59. The van der Waals surface area contributed by atoms with E-state index in [1.54, 1.807) is 36.5 Å². The summed E-state index contributed by atoms with van der Waals surface area (Å²) >= 11 is 0. The van der Waals surface area contributed by atoms with E-state index >= 15 is 0 Å². The molecular weight excluding hydrogens is 270 g/mol. The van der Waals surface area contributed by atoms with Crippen LogP contribution in [-0.4, -0.2) is 20.5 Å². The van der Waals surface area contributed by atoms with Crippen LogP contribution in [0.15, 0.2) is 54.7 Å². The molecule has 0 bridgehead atoms. The molecule has 1 heterocycles. The van der Waals surface area contributed by atoms with Crippen molar-refractivity contribution < 1.29 is 9.72 Å². The highest BCUT2D eigenvalue weighted by Gasteiger charge is 2.13. The highest BCUT2D eigenvalue weighted by Crippen LogP contribution is 2.20. The van der Waals surface area contributed by atoms with Crippen LogP contribution in [0.1, 0.15) is 10.4 Å². The lowest BCUT2D eigenvalue weighted by Crippen LogP contribution is -2.11. The van der Waals surface area contributed by atoms with E-state index in [0.717, 1.165) is 5.39 Å². The zero-order valence-electron chi connectivity index (χ0n) is 11.0. The molecule has 0 atom stereocenters. The van der Waals surface area contributed by atoms with Crippen LogP contribution in [0.2, 0.25) is 0 Å². The largest absolute Gasteiger partial charge is 0.292 e. The van der Waals surface area contributed by atoms with Gasteiger partial charge in [-0.1, -0.05) is 30.3 Å². The number of rotatable bonds is 4.